The van der Waals surface area contributed by atoms with Gasteiger partial charge in [0.2, 0.25) is 0 Å². The molecule has 1 N–H and O–H groups in total. The van der Waals surface area contributed by atoms with Crippen LogP contribution >= 0.6 is 0 Å². The van der Waals surface area contributed by atoms with Crippen molar-refractivity contribution in [2.24, 2.45) is 0 Å². The average Bonchev–Trinajstić information content (AvgIpc) is 2.73. The van der Waals surface area contributed by atoms with Crippen LogP contribution in [0.3, 0.4) is 0 Å². The van der Waals surface area contributed by atoms with Crippen LogP contribution in [-0.4, -0.2) is 29.3 Å². The topological polar surface area (TPSA) is 39.1 Å². The highest BCUT2D eigenvalue weighted by Gasteiger charge is 2.13. The molecule has 0 radical (unpaired) electrons. The van der Waals surface area contributed by atoms with Gasteiger partial charge in [-0.2, -0.15) is 0 Å². The molecular weight excluding hydrogens is 202 g/mol. The lowest BCUT2D eigenvalue weighted by Gasteiger charge is -2.15. The quantitative estimate of drug-likeness (QED) is 0.740. The van der Waals surface area contributed by atoms with Crippen LogP contribution in [0.5, 0.6) is 0 Å². The van der Waals surface area contributed by atoms with Gasteiger partial charge in [-0.15, -0.1) is 0 Å². The van der Waals surface area contributed by atoms with Gasteiger partial charge < -0.3 is 14.6 Å². The predicted octanol–water partition coefficient (Wildman–Crippen LogP) is 1.35. The number of fused-ring (bicyclic) bond motifs is 1. The maximum absolute atomic E-state index is 5.57. The molecule has 0 unspecified atom stereocenters. The third kappa shape index (κ3) is 2.83. The summed E-state index contributed by atoms with van der Waals surface area (Å²) < 4.78 is 7.81. The highest BCUT2D eigenvalue weighted by atomic mass is 16.5. The summed E-state index contributed by atoms with van der Waals surface area (Å²) >= 11 is 0. The molecule has 0 bridgehead atoms. The standard InChI is InChI=1S/C12H21N3O/c1-2-3-7-16-8-6-15-10-14-11-9-13-5-4-12(11)15/h10,13H,2-9H2,1H3. The summed E-state index contributed by atoms with van der Waals surface area (Å²) in [4.78, 5) is 4.42. The minimum absolute atomic E-state index is 0.802. The van der Waals surface area contributed by atoms with Crippen LogP contribution in [0.15, 0.2) is 6.33 Å². The van der Waals surface area contributed by atoms with E-state index in [-0.39, 0.29) is 0 Å². The monoisotopic (exact) mass is 223 g/mol. The van der Waals surface area contributed by atoms with Crippen LogP contribution in [0.1, 0.15) is 31.2 Å². The minimum Gasteiger partial charge on any atom is -0.380 e. The van der Waals surface area contributed by atoms with Gasteiger partial charge in [0.15, 0.2) is 0 Å². The summed E-state index contributed by atoms with van der Waals surface area (Å²) in [7, 11) is 0. The fourth-order valence-electron chi connectivity index (χ4n) is 2.00. The minimum atomic E-state index is 0.802. The molecule has 90 valence electrons. The molecule has 16 heavy (non-hydrogen) atoms. The lowest BCUT2D eigenvalue weighted by molar-refractivity contribution is 0.123. The first-order chi connectivity index (χ1) is 7.92. The predicted molar refractivity (Wildman–Crippen MR) is 63.4 cm³/mol. The van der Waals surface area contributed by atoms with E-state index in [1.165, 1.54) is 17.8 Å². The van der Waals surface area contributed by atoms with Gasteiger partial charge in [0.25, 0.3) is 0 Å². The van der Waals surface area contributed by atoms with Crippen molar-refractivity contribution in [1.29, 1.82) is 0 Å². The normalized spacial score (nSPS) is 15.1. The number of ether oxygens (including phenoxy) is 1. The molecule has 1 aromatic rings. The van der Waals surface area contributed by atoms with Crippen molar-refractivity contribution in [3.8, 4) is 0 Å². The van der Waals surface area contributed by atoms with E-state index in [9.17, 15) is 0 Å². The third-order valence-electron chi connectivity index (χ3n) is 2.98. The number of aromatic nitrogens is 2. The maximum atomic E-state index is 5.57. The van der Waals surface area contributed by atoms with E-state index >= 15 is 0 Å². The Hall–Kier alpha value is -0.870. The molecule has 2 rings (SSSR count). The van der Waals surface area contributed by atoms with Gasteiger partial charge in [-0.1, -0.05) is 13.3 Å². The molecule has 0 saturated heterocycles. The number of hydrogen-bond acceptors (Lipinski definition) is 3. The van der Waals surface area contributed by atoms with E-state index in [0.29, 0.717) is 0 Å². The second kappa shape index (κ2) is 6.01. The van der Waals surface area contributed by atoms with Gasteiger partial charge in [-0.25, -0.2) is 4.98 Å². The smallest absolute Gasteiger partial charge is 0.0953 e. The summed E-state index contributed by atoms with van der Waals surface area (Å²) in [5.41, 5.74) is 2.60. The zero-order valence-corrected chi connectivity index (χ0v) is 10.0. The van der Waals surface area contributed by atoms with Crippen LogP contribution in [0, 0.1) is 0 Å². The van der Waals surface area contributed by atoms with E-state index in [4.69, 9.17) is 4.74 Å². The maximum Gasteiger partial charge on any atom is 0.0953 e. The van der Waals surface area contributed by atoms with Crippen molar-refractivity contribution in [3.05, 3.63) is 17.7 Å². The van der Waals surface area contributed by atoms with Crippen LogP contribution in [0.4, 0.5) is 0 Å². The molecule has 0 aromatic carbocycles. The molecule has 1 aliphatic rings. The number of rotatable bonds is 6. The molecule has 2 heterocycles. The number of nitrogens with one attached hydrogen (secondary N) is 1. The molecule has 0 fully saturated rings. The highest BCUT2D eigenvalue weighted by Crippen LogP contribution is 2.11. The molecular formula is C12H21N3O. The second-order valence-electron chi connectivity index (χ2n) is 4.22. The van der Waals surface area contributed by atoms with Crippen LogP contribution in [0.25, 0.3) is 0 Å². The Morgan fingerprint density at radius 1 is 1.50 bits per heavy atom. The summed E-state index contributed by atoms with van der Waals surface area (Å²) in [6, 6.07) is 0. The second-order valence-corrected chi connectivity index (χ2v) is 4.22. The number of unbranched alkanes of at least 4 members (excludes halogenated alkanes) is 1. The van der Waals surface area contributed by atoms with E-state index in [1.54, 1.807) is 0 Å². The third-order valence-corrected chi connectivity index (χ3v) is 2.98. The zero-order valence-electron chi connectivity index (χ0n) is 10.0. The first-order valence-electron chi connectivity index (χ1n) is 6.23. The first kappa shape index (κ1) is 11.6. The molecule has 0 atom stereocenters. The Kier molecular flexibility index (Phi) is 4.36. The van der Waals surface area contributed by atoms with Crippen LogP contribution in [-0.2, 0) is 24.2 Å². The Morgan fingerprint density at radius 3 is 3.31 bits per heavy atom. The molecule has 0 amide bonds. The van der Waals surface area contributed by atoms with Crippen molar-refractivity contribution in [2.75, 3.05) is 19.8 Å². The lowest BCUT2D eigenvalue weighted by Crippen LogP contribution is -2.25. The van der Waals surface area contributed by atoms with Crippen molar-refractivity contribution in [1.82, 2.24) is 14.9 Å². The Labute approximate surface area is 97.0 Å². The molecule has 0 aliphatic carbocycles. The van der Waals surface area contributed by atoms with E-state index in [0.717, 1.165) is 45.7 Å². The van der Waals surface area contributed by atoms with Gasteiger partial charge in [0.1, 0.15) is 0 Å². The van der Waals surface area contributed by atoms with Crippen LogP contribution in [0.2, 0.25) is 0 Å². The lowest BCUT2D eigenvalue weighted by atomic mass is 10.2. The Bertz CT molecular complexity index is 322. The number of nitrogens with zero attached hydrogens (tertiary/aromatic N) is 2. The van der Waals surface area contributed by atoms with Gasteiger partial charge in [-0.05, 0) is 6.42 Å². The van der Waals surface area contributed by atoms with Gasteiger partial charge >= 0.3 is 0 Å². The first-order valence-corrected chi connectivity index (χ1v) is 6.23. The zero-order chi connectivity index (χ0) is 11.2. The molecule has 0 spiro atoms. The number of imidazole rings is 1. The molecule has 4 heteroatoms. The van der Waals surface area contributed by atoms with E-state index in [2.05, 4.69) is 21.8 Å². The van der Waals surface area contributed by atoms with E-state index in [1.807, 2.05) is 6.33 Å². The molecule has 1 aliphatic heterocycles. The van der Waals surface area contributed by atoms with Crippen LogP contribution < -0.4 is 5.32 Å². The summed E-state index contributed by atoms with van der Waals surface area (Å²) in [6.45, 7) is 6.79. The average molecular weight is 223 g/mol. The van der Waals surface area contributed by atoms with Crippen molar-refractivity contribution >= 4 is 0 Å². The largest absolute Gasteiger partial charge is 0.380 e. The summed E-state index contributed by atoms with van der Waals surface area (Å²) in [5.74, 6) is 0. The Balaban J connectivity index is 1.78. The molecule has 1 aromatic heterocycles. The molecule has 4 nitrogen and oxygen atoms in total. The summed E-state index contributed by atoms with van der Waals surface area (Å²) in [6.07, 6.45) is 5.39. The van der Waals surface area contributed by atoms with Crippen molar-refractivity contribution < 1.29 is 4.74 Å². The van der Waals surface area contributed by atoms with E-state index < -0.39 is 0 Å². The van der Waals surface area contributed by atoms with Gasteiger partial charge in [-0.3, -0.25) is 0 Å². The fourth-order valence-corrected chi connectivity index (χ4v) is 2.00. The van der Waals surface area contributed by atoms with Gasteiger partial charge in [0.05, 0.1) is 18.6 Å². The Morgan fingerprint density at radius 2 is 2.44 bits per heavy atom. The molecule has 0 saturated carbocycles. The fraction of sp³-hybridized carbons (Fsp3) is 0.750. The highest BCUT2D eigenvalue weighted by molar-refractivity contribution is 5.16. The van der Waals surface area contributed by atoms with Crippen molar-refractivity contribution in [2.45, 2.75) is 39.3 Å². The SMILES string of the molecule is CCCCOCCn1cnc2c1CCNC2. The summed E-state index contributed by atoms with van der Waals surface area (Å²) in [5, 5.41) is 3.33. The van der Waals surface area contributed by atoms with Gasteiger partial charge in [0, 0.05) is 38.4 Å². The van der Waals surface area contributed by atoms with Crippen molar-refractivity contribution in [3.63, 3.8) is 0 Å². The number of hydrogen-bond donors (Lipinski definition) is 1.